The van der Waals surface area contributed by atoms with Crippen molar-refractivity contribution < 1.29 is 18.0 Å². The Morgan fingerprint density at radius 2 is 1.47 bits per heavy atom. The summed E-state index contributed by atoms with van der Waals surface area (Å²) in [7, 11) is -2.60. The minimum absolute atomic E-state index is 0.0411. The molecule has 0 spiro atoms. The molecular weight excluding hydrogens is 498 g/mol. The van der Waals surface area contributed by atoms with E-state index < -0.39 is 28.5 Å². The van der Waals surface area contributed by atoms with Crippen molar-refractivity contribution in [3.8, 4) is 0 Å². The number of rotatable bonds is 9. The molecule has 1 N–H and O–H groups in total. The minimum Gasteiger partial charge on any atom is -0.357 e. The number of benzene rings is 3. The van der Waals surface area contributed by atoms with Gasteiger partial charge in [0.2, 0.25) is 11.8 Å². The van der Waals surface area contributed by atoms with E-state index in [9.17, 15) is 18.0 Å². The lowest BCUT2D eigenvalue weighted by Gasteiger charge is -2.32. The Bertz CT molecular complexity index is 1330. The summed E-state index contributed by atoms with van der Waals surface area (Å²) in [6.45, 7) is 4.90. The third-order valence-electron chi connectivity index (χ3n) is 5.92. The normalized spacial score (nSPS) is 12.0. The van der Waals surface area contributed by atoms with E-state index in [4.69, 9.17) is 11.6 Å². The Labute approximate surface area is 217 Å². The Balaban J connectivity index is 2.03. The second-order valence-corrected chi connectivity index (χ2v) is 10.8. The molecule has 0 radical (unpaired) electrons. The average molecular weight is 528 g/mol. The summed E-state index contributed by atoms with van der Waals surface area (Å²) in [5.74, 6) is -0.916. The topological polar surface area (TPSA) is 86.8 Å². The highest BCUT2D eigenvalue weighted by Crippen LogP contribution is 2.26. The lowest BCUT2D eigenvalue weighted by Crippen LogP contribution is -2.50. The summed E-state index contributed by atoms with van der Waals surface area (Å²) in [5.41, 5.74) is 2.86. The van der Waals surface area contributed by atoms with Crippen molar-refractivity contribution in [2.75, 3.05) is 17.9 Å². The van der Waals surface area contributed by atoms with Crippen molar-refractivity contribution in [1.29, 1.82) is 0 Å². The van der Waals surface area contributed by atoms with Gasteiger partial charge >= 0.3 is 0 Å². The zero-order valence-electron chi connectivity index (χ0n) is 20.7. The summed E-state index contributed by atoms with van der Waals surface area (Å²) >= 11 is 6.33. The number of hydrogen-bond donors (Lipinski definition) is 1. The van der Waals surface area contributed by atoms with E-state index in [1.165, 1.54) is 24.1 Å². The number of amides is 2. The number of halogens is 1. The van der Waals surface area contributed by atoms with Gasteiger partial charge in [0.25, 0.3) is 10.0 Å². The molecule has 3 aromatic carbocycles. The number of aryl methyl sites for hydroxylation is 2. The number of hydrogen-bond acceptors (Lipinski definition) is 4. The Kier molecular flexibility index (Phi) is 8.76. The van der Waals surface area contributed by atoms with E-state index in [1.54, 1.807) is 67.6 Å². The zero-order valence-corrected chi connectivity index (χ0v) is 22.3. The molecule has 0 aliphatic rings. The van der Waals surface area contributed by atoms with E-state index in [1.807, 2.05) is 13.8 Å². The molecule has 0 unspecified atom stereocenters. The highest BCUT2D eigenvalue weighted by atomic mass is 35.5. The SMILES string of the molecule is CNC(=O)[C@H](C)N(Cc1ccccc1Cl)C(=O)CN(c1ccc(C)cc1)S(=O)(=O)c1ccc(C)cc1. The highest BCUT2D eigenvalue weighted by molar-refractivity contribution is 7.92. The van der Waals surface area contributed by atoms with Gasteiger partial charge in [-0.15, -0.1) is 0 Å². The third kappa shape index (κ3) is 6.25. The predicted octanol–water partition coefficient (Wildman–Crippen LogP) is 4.32. The molecular formula is C27H30ClN3O4S. The van der Waals surface area contributed by atoms with Gasteiger partial charge in [0.15, 0.2) is 0 Å². The summed E-state index contributed by atoms with van der Waals surface area (Å²) < 4.78 is 28.5. The van der Waals surface area contributed by atoms with Crippen LogP contribution in [-0.4, -0.2) is 44.8 Å². The van der Waals surface area contributed by atoms with E-state index >= 15 is 0 Å². The molecule has 0 fully saturated rings. The molecule has 0 bridgehead atoms. The first-order chi connectivity index (χ1) is 17.0. The first-order valence-electron chi connectivity index (χ1n) is 11.4. The summed E-state index contributed by atoms with van der Waals surface area (Å²) in [6, 6.07) is 19.5. The third-order valence-corrected chi connectivity index (χ3v) is 8.08. The zero-order chi connectivity index (χ0) is 26.5. The molecule has 0 aliphatic heterocycles. The van der Waals surface area contributed by atoms with Crippen LogP contribution in [0.3, 0.4) is 0 Å². The van der Waals surface area contributed by atoms with Crippen LogP contribution in [0.15, 0.2) is 77.7 Å². The van der Waals surface area contributed by atoms with Crippen LogP contribution in [0.4, 0.5) is 5.69 Å². The van der Waals surface area contributed by atoms with Gasteiger partial charge in [-0.05, 0) is 56.7 Å². The molecule has 1 atom stereocenters. The molecule has 7 nitrogen and oxygen atoms in total. The van der Waals surface area contributed by atoms with Gasteiger partial charge in [0, 0.05) is 18.6 Å². The number of carbonyl (C=O) groups excluding carboxylic acids is 2. The van der Waals surface area contributed by atoms with Gasteiger partial charge in [0.1, 0.15) is 12.6 Å². The van der Waals surface area contributed by atoms with Crippen molar-refractivity contribution >= 4 is 39.1 Å². The number of nitrogens with zero attached hydrogens (tertiary/aromatic N) is 2. The highest BCUT2D eigenvalue weighted by Gasteiger charge is 2.32. The maximum Gasteiger partial charge on any atom is 0.264 e. The number of anilines is 1. The van der Waals surface area contributed by atoms with Crippen LogP contribution in [0.1, 0.15) is 23.6 Å². The van der Waals surface area contributed by atoms with Crippen LogP contribution in [0.5, 0.6) is 0 Å². The van der Waals surface area contributed by atoms with Crippen LogP contribution in [0.2, 0.25) is 5.02 Å². The van der Waals surface area contributed by atoms with Gasteiger partial charge < -0.3 is 10.2 Å². The summed E-state index contributed by atoms with van der Waals surface area (Å²) in [5, 5.41) is 3.00. The molecule has 9 heteroatoms. The fourth-order valence-electron chi connectivity index (χ4n) is 3.68. The monoisotopic (exact) mass is 527 g/mol. The van der Waals surface area contributed by atoms with Crippen molar-refractivity contribution in [2.24, 2.45) is 0 Å². The van der Waals surface area contributed by atoms with Gasteiger partial charge in [-0.25, -0.2) is 8.42 Å². The maximum atomic E-state index is 13.7. The summed E-state index contributed by atoms with van der Waals surface area (Å²) in [6.07, 6.45) is 0. The maximum absolute atomic E-state index is 13.7. The van der Waals surface area contributed by atoms with Crippen LogP contribution < -0.4 is 9.62 Å². The largest absolute Gasteiger partial charge is 0.357 e. The van der Waals surface area contributed by atoms with Crippen LogP contribution >= 0.6 is 11.6 Å². The molecule has 0 heterocycles. The van der Waals surface area contributed by atoms with Gasteiger partial charge in [-0.3, -0.25) is 13.9 Å². The van der Waals surface area contributed by atoms with Crippen molar-refractivity contribution in [3.63, 3.8) is 0 Å². The molecule has 0 aromatic heterocycles. The number of nitrogens with one attached hydrogen (secondary N) is 1. The number of sulfonamides is 1. The quantitative estimate of drug-likeness (QED) is 0.449. The predicted molar refractivity (Wildman–Crippen MR) is 142 cm³/mol. The van der Waals surface area contributed by atoms with Crippen molar-refractivity contribution in [3.05, 3.63) is 94.5 Å². The second kappa shape index (κ2) is 11.6. The average Bonchev–Trinajstić information content (AvgIpc) is 2.86. The smallest absolute Gasteiger partial charge is 0.264 e. The van der Waals surface area contributed by atoms with Crippen LogP contribution in [-0.2, 0) is 26.2 Å². The minimum atomic E-state index is -4.09. The van der Waals surface area contributed by atoms with Crippen LogP contribution in [0.25, 0.3) is 0 Å². The first-order valence-corrected chi connectivity index (χ1v) is 13.3. The van der Waals surface area contributed by atoms with Crippen molar-refractivity contribution in [2.45, 2.75) is 38.3 Å². The molecule has 36 heavy (non-hydrogen) atoms. The number of carbonyl (C=O) groups is 2. The summed E-state index contributed by atoms with van der Waals surface area (Å²) in [4.78, 5) is 27.6. The first kappa shape index (κ1) is 27.2. The molecule has 190 valence electrons. The fraction of sp³-hybridized carbons (Fsp3) is 0.259. The molecule has 3 aromatic rings. The Morgan fingerprint density at radius 1 is 0.917 bits per heavy atom. The molecule has 0 saturated carbocycles. The molecule has 0 saturated heterocycles. The van der Waals surface area contributed by atoms with Gasteiger partial charge in [-0.2, -0.15) is 0 Å². The fourth-order valence-corrected chi connectivity index (χ4v) is 5.29. The lowest BCUT2D eigenvalue weighted by molar-refractivity contribution is -0.139. The van der Waals surface area contributed by atoms with E-state index in [0.29, 0.717) is 16.3 Å². The van der Waals surface area contributed by atoms with Gasteiger partial charge in [-0.1, -0.05) is 65.2 Å². The van der Waals surface area contributed by atoms with Gasteiger partial charge in [0.05, 0.1) is 10.6 Å². The Morgan fingerprint density at radius 3 is 2.03 bits per heavy atom. The molecule has 3 rings (SSSR count). The van der Waals surface area contributed by atoms with E-state index in [-0.39, 0.29) is 17.3 Å². The number of likely N-dealkylation sites (N-methyl/N-ethyl adjacent to an activating group) is 1. The van der Waals surface area contributed by atoms with Crippen LogP contribution in [0, 0.1) is 13.8 Å². The van der Waals surface area contributed by atoms with E-state index in [0.717, 1.165) is 15.4 Å². The Hall–Kier alpha value is -3.36. The standard InChI is InChI=1S/C27H30ClN3O4S/c1-19-9-13-23(14-10-19)31(36(34,35)24-15-11-20(2)12-16-24)18-26(32)30(21(3)27(33)29-4)17-22-7-5-6-8-25(22)28/h5-16,21H,17-18H2,1-4H3,(H,29,33)/t21-/m0/s1. The molecule has 2 amide bonds. The lowest BCUT2D eigenvalue weighted by atomic mass is 10.1. The van der Waals surface area contributed by atoms with E-state index in [2.05, 4.69) is 5.32 Å². The van der Waals surface area contributed by atoms with Crippen molar-refractivity contribution in [1.82, 2.24) is 10.2 Å². The second-order valence-electron chi connectivity index (χ2n) is 8.56. The molecule has 0 aliphatic carbocycles.